The Balaban J connectivity index is 2.48. The Morgan fingerprint density at radius 2 is 2.17 bits per heavy atom. The van der Waals surface area contributed by atoms with Crippen molar-refractivity contribution in [2.75, 3.05) is 13.1 Å². The Morgan fingerprint density at radius 1 is 1.50 bits per heavy atom. The van der Waals surface area contributed by atoms with Crippen LogP contribution in [0.1, 0.15) is 26.7 Å². The monoisotopic (exact) mass is 175 g/mol. The summed E-state index contributed by atoms with van der Waals surface area (Å²) in [5, 5.41) is 9.26. The summed E-state index contributed by atoms with van der Waals surface area (Å²) < 4.78 is 13.2. The number of alkyl halides is 1. The Kier molecular flexibility index (Phi) is 3.47. The third-order valence-electron chi connectivity index (χ3n) is 2.50. The first-order chi connectivity index (χ1) is 5.61. The second-order valence-electron chi connectivity index (χ2n) is 3.81. The van der Waals surface area contributed by atoms with E-state index in [1.807, 2.05) is 0 Å². The molecule has 2 atom stereocenters. The molecule has 0 spiro atoms. The minimum Gasteiger partial charge on any atom is -0.390 e. The predicted molar refractivity (Wildman–Crippen MR) is 46.8 cm³/mol. The number of hydrogen-bond acceptors (Lipinski definition) is 2. The third kappa shape index (κ3) is 2.42. The topological polar surface area (TPSA) is 23.5 Å². The van der Waals surface area contributed by atoms with Gasteiger partial charge < -0.3 is 5.11 Å². The van der Waals surface area contributed by atoms with Gasteiger partial charge in [0, 0.05) is 12.6 Å². The highest BCUT2D eigenvalue weighted by Crippen LogP contribution is 2.15. The lowest BCUT2D eigenvalue weighted by Crippen LogP contribution is -2.37. The van der Waals surface area contributed by atoms with Gasteiger partial charge in [-0.2, -0.15) is 0 Å². The first-order valence-corrected chi connectivity index (χ1v) is 4.67. The SMILES string of the molecule is CC(C)N1CCCC(O)C(F)C1. The first kappa shape index (κ1) is 9.93. The van der Waals surface area contributed by atoms with Gasteiger partial charge >= 0.3 is 0 Å². The minimum atomic E-state index is -1.06. The number of hydrogen-bond donors (Lipinski definition) is 1. The Morgan fingerprint density at radius 3 is 2.75 bits per heavy atom. The molecule has 0 aromatic rings. The molecular formula is C9H18FNO. The van der Waals surface area contributed by atoms with Gasteiger partial charge in [-0.25, -0.2) is 4.39 Å². The zero-order valence-corrected chi connectivity index (χ0v) is 7.83. The smallest absolute Gasteiger partial charge is 0.138 e. The van der Waals surface area contributed by atoms with E-state index in [9.17, 15) is 9.50 Å². The van der Waals surface area contributed by atoms with Gasteiger partial charge in [-0.15, -0.1) is 0 Å². The number of halogens is 1. The molecule has 1 aliphatic rings. The van der Waals surface area contributed by atoms with Crippen molar-refractivity contribution in [3.05, 3.63) is 0 Å². The van der Waals surface area contributed by atoms with E-state index in [4.69, 9.17) is 0 Å². The zero-order chi connectivity index (χ0) is 9.14. The fourth-order valence-electron chi connectivity index (χ4n) is 1.59. The van der Waals surface area contributed by atoms with Crippen LogP contribution in [0.2, 0.25) is 0 Å². The van der Waals surface area contributed by atoms with Crippen molar-refractivity contribution >= 4 is 0 Å². The van der Waals surface area contributed by atoms with Gasteiger partial charge in [0.15, 0.2) is 0 Å². The third-order valence-corrected chi connectivity index (χ3v) is 2.50. The van der Waals surface area contributed by atoms with Gasteiger partial charge in [-0.1, -0.05) is 0 Å². The molecule has 0 saturated carbocycles. The van der Waals surface area contributed by atoms with E-state index in [1.165, 1.54) is 0 Å². The summed E-state index contributed by atoms with van der Waals surface area (Å²) in [4.78, 5) is 2.08. The fourth-order valence-corrected chi connectivity index (χ4v) is 1.59. The van der Waals surface area contributed by atoms with Crippen LogP contribution in [0.3, 0.4) is 0 Å². The van der Waals surface area contributed by atoms with Crippen LogP contribution < -0.4 is 0 Å². The van der Waals surface area contributed by atoms with Crippen molar-refractivity contribution < 1.29 is 9.50 Å². The molecule has 0 aromatic heterocycles. The maximum Gasteiger partial charge on any atom is 0.138 e. The molecule has 0 aliphatic carbocycles. The average Bonchev–Trinajstić information content (AvgIpc) is 2.15. The zero-order valence-electron chi connectivity index (χ0n) is 7.83. The van der Waals surface area contributed by atoms with Crippen molar-refractivity contribution in [3.63, 3.8) is 0 Å². The molecule has 1 saturated heterocycles. The molecule has 0 aromatic carbocycles. The van der Waals surface area contributed by atoms with E-state index in [1.54, 1.807) is 0 Å². The summed E-state index contributed by atoms with van der Waals surface area (Å²) in [7, 11) is 0. The predicted octanol–water partition coefficient (Wildman–Crippen LogP) is 1.19. The average molecular weight is 175 g/mol. The van der Waals surface area contributed by atoms with E-state index < -0.39 is 12.3 Å². The van der Waals surface area contributed by atoms with Crippen LogP contribution in [0.25, 0.3) is 0 Å². The van der Waals surface area contributed by atoms with Crippen LogP contribution in [-0.4, -0.2) is 41.4 Å². The van der Waals surface area contributed by atoms with Crippen LogP contribution in [0, 0.1) is 0 Å². The molecule has 1 fully saturated rings. The molecular weight excluding hydrogens is 157 g/mol. The number of likely N-dealkylation sites (tertiary alicyclic amines) is 1. The Labute approximate surface area is 73.4 Å². The lowest BCUT2D eigenvalue weighted by atomic mass is 10.1. The van der Waals surface area contributed by atoms with E-state index in [2.05, 4.69) is 18.7 Å². The van der Waals surface area contributed by atoms with Crippen molar-refractivity contribution in [1.29, 1.82) is 0 Å². The van der Waals surface area contributed by atoms with Crippen LogP contribution in [-0.2, 0) is 0 Å². The second-order valence-corrected chi connectivity index (χ2v) is 3.81. The standard InChI is InChI=1S/C9H18FNO/c1-7(2)11-5-3-4-9(12)8(10)6-11/h7-9,12H,3-6H2,1-2H3. The van der Waals surface area contributed by atoms with Gasteiger partial charge in [-0.3, -0.25) is 4.90 Å². The summed E-state index contributed by atoms with van der Waals surface area (Å²) in [6, 6.07) is 0.383. The van der Waals surface area contributed by atoms with E-state index in [0.29, 0.717) is 19.0 Å². The second kappa shape index (κ2) is 4.19. The van der Waals surface area contributed by atoms with Crippen LogP contribution >= 0.6 is 0 Å². The maximum absolute atomic E-state index is 13.2. The Bertz CT molecular complexity index is 140. The molecule has 12 heavy (non-hydrogen) atoms. The van der Waals surface area contributed by atoms with Gasteiger partial charge in [-0.05, 0) is 33.2 Å². The van der Waals surface area contributed by atoms with Gasteiger partial charge in [0.2, 0.25) is 0 Å². The summed E-state index contributed by atoms with van der Waals surface area (Å²) in [5.74, 6) is 0. The molecule has 0 bridgehead atoms. The van der Waals surface area contributed by atoms with Gasteiger partial charge in [0.25, 0.3) is 0 Å². The summed E-state index contributed by atoms with van der Waals surface area (Å²) in [5.41, 5.74) is 0. The summed E-state index contributed by atoms with van der Waals surface area (Å²) in [6.45, 7) is 5.42. The number of aliphatic hydroxyl groups excluding tert-OH is 1. The van der Waals surface area contributed by atoms with Gasteiger partial charge in [0.1, 0.15) is 6.17 Å². The Hall–Kier alpha value is -0.150. The maximum atomic E-state index is 13.2. The first-order valence-electron chi connectivity index (χ1n) is 4.67. The fraction of sp³-hybridized carbons (Fsp3) is 1.00. The number of rotatable bonds is 1. The van der Waals surface area contributed by atoms with Crippen LogP contribution in [0.4, 0.5) is 4.39 Å². The summed E-state index contributed by atoms with van der Waals surface area (Å²) >= 11 is 0. The highest BCUT2D eigenvalue weighted by molar-refractivity contribution is 4.78. The van der Waals surface area contributed by atoms with E-state index in [0.717, 1.165) is 13.0 Å². The molecule has 1 N–H and O–H groups in total. The largest absolute Gasteiger partial charge is 0.390 e. The summed E-state index contributed by atoms with van der Waals surface area (Å²) in [6.07, 6.45) is -0.298. The van der Waals surface area contributed by atoms with Crippen molar-refractivity contribution in [2.24, 2.45) is 0 Å². The number of nitrogens with zero attached hydrogens (tertiary/aromatic N) is 1. The molecule has 72 valence electrons. The molecule has 2 nitrogen and oxygen atoms in total. The highest BCUT2D eigenvalue weighted by Gasteiger charge is 2.25. The van der Waals surface area contributed by atoms with Gasteiger partial charge in [0.05, 0.1) is 6.10 Å². The normalized spacial score (nSPS) is 33.8. The van der Waals surface area contributed by atoms with E-state index >= 15 is 0 Å². The van der Waals surface area contributed by atoms with Crippen molar-refractivity contribution in [3.8, 4) is 0 Å². The van der Waals surface area contributed by atoms with Crippen LogP contribution in [0.5, 0.6) is 0 Å². The molecule has 1 aliphatic heterocycles. The van der Waals surface area contributed by atoms with E-state index in [-0.39, 0.29) is 0 Å². The lowest BCUT2D eigenvalue weighted by Gasteiger charge is -2.25. The molecule has 3 heteroatoms. The molecule has 0 amide bonds. The molecule has 2 unspecified atom stereocenters. The number of aliphatic hydroxyl groups is 1. The quantitative estimate of drug-likeness (QED) is 0.647. The van der Waals surface area contributed by atoms with Crippen molar-refractivity contribution in [2.45, 2.75) is 45.0 Å². The molecule has 0 radical (unpaired) electrons. The minimum absolute atomic E-state index is 0.383. The molecule has 1 rings (SSSR count). The molecule has 1 heterocycles. The van der Waals surface area contributed by atoms with Crippen molar-refractivity contribution in [1.82, 2.24) is 4.90 Å². The lowest BCUT2D eigenvalue weighted by molar-refractivity contribution is 0.0606. The van der Waals surface area contributed by atoms with Crippen LogP contribution in [0.15, 0.2) is 0 Å². The highest BCUT2D eigenvalue weighted by atomic mass is 19.1.